The van der Waals surface area contributed by atoms with Crippen molar-refractivity contribution in [1.82, 2.24) is 20.2 Å². The van der Waals surface area contributed by atoms with Crippen LogP contribution in [0.15, 0.2) is 36.7 Å². The zero-order valence-corrected chi connectivity index (χ0v) is 12.4. The molecular formula is C16H14N4O3. The number of amides is 3. The van der Waals surface area contributed by atoms with Crippen molar-refractivity contribution < 1.29 is 14.4 Å². The molecule has 3 amide bonds. The summed E-state index contributed by atoms with van der Waals surface area (Å²) in [5.41, 5.74) is 2.12. The van der Waals surface area contributed by atoms with Crippen molar-refractivity contribution in [2.24, 2.45) is 0 Å². The first-order valence-electron chi connectivity index (χ1n) is 7.05. The highest BCUT2D eigenvalue weighted by Crippen LogP contribution is 2.21. The lowest BCUT2D eigenvalue weighted by atomic mass is 10.1. The Labute approximate surface area is 132 Å². The number of carbonyl (C=O) groups excluding carboxylic acids is 3. The first kappa shape index (κ1) is 14.8. The minimum Gasteiger partial charge on any atom is -0.349 e. The molecule has 23 heavy (non-hydrogen) atoms. The van der Waals surface area contributed by atoms with Gasteiger partial charge in [0.05, 0.1) is 23.4 Å². The van der Waals surface area contributed by atoms with Crippen LogP contribution < -0.4 is 5.32 Å². The predicted molar refractivity (Wildman–Crippen MR) is 80.4 cm³/mol. The summed E-state index contributed by atoms with van der Waals surface area (Å²) in [6, 6.07) is 8.28. The summed E-state index contributed by atoms with van der Waals surface area (Å²) in [6.07, 6.45) is 1.42. The van der Waals surface area contributed by atoms with Gasteiger partial charge in [0.1, 0.15) is 12.9 Å². The molecule has 2 aromatic rings. The summed E-state index contributed by atoms with van der Waals surface area (Å²) >= 11 is 0. The Hall–Kier alpha value is -3.09. The van der Waals surface area contributed by atoms with Gasteiger partial charge in [0.15, 0.2) is 0 Å². The van der Waals surface area contributed by atoms with Gasteiger partial charge < -0.3 is 5.32 Å². The molecular weight excluding hydrogens is 296 g/mol. The highest BCUT2D eigenvalue weighted by molar-refractivity contribution is 6.22. The van der Waals surface area contributed by atoms with Crippen molar-refractivity contribution >= 4 is 17.7 Å². The van der Waals surface area contributed by atoms with Crippen LogP contribution in [-0.4, -0.2) is 39.1 Å². The van der Waals surface area contributed by atoms with Gasteiger partial charge in [0, 0.05) is 5.69 Å². The van der Waals surface area contributed by atoms with E-state index in [1.807, 2.05) is 6.92 Å². The van der Waals surface area contributed by atoms with Crippen molar-refractivity contribution in [1.29, 1.82) is 0 Å². The number of imide groups is 1. The van der Waals surface area contributed by atoms with Crippen LogP contribution in [-0.2, 0) is 11.3 Å². The third-order valence-electron chi connectivity index (χ3n) is 3.51. The van der Waals surface area contributed by atoms with Gasteiger partial charge >= 0.3 is 0 Å². The van der Waals surface area contributed by atoms with Crippen molar-refractivity contribution in [3.8, 4) is 0 Å². The number of benzene rings is 1. The van der Waals surface area contributed by atoms with E-state index in [1.165, 1.54) is 6.33 Å². The molecule has 1 aromatic carbocycles. The highest BCUT2D eigenvalue weighted by Gasteiger charge is 2.36. The topological polar surface area (TPSA) is 92.3 Å². The molecule has 0 saturated carbocycles. The van der Waals surface area contributed by atoms with Crippen LogP contribution >= 0.6 is 0 Å². The number of nitrogens with one attached hydrogen (secondary N) is 1. The van der Waals surface area contributed by atoms with Crippen LogP contribution in [0.1, 0.15) is 32.1 Å². The lowest BCUT2D eigenvalue weighted by Crippen LogP contribution is -2.40. The monoisotopic (exact) mass is 310 g/mol. The average molecular weight is 310 g/mol. The van der Waals surface area contributed by atoms with E-state index in [0.717, 1.165) is 10.6 Å². The molecule has 0 atom stereocenters. The number of nitrogens with zero attached hydrogens (tertiary/aromatic N) is 3. The molecule has 0 saturated heterocycles. The maximum absolute atomic E-state index is 12.2. The van der Waals surface area contributed by atoms with E-state index in [-0.39, 0.29) is 13.1 Å². The Kier molecular flexibility index (Phi) is 3.84. The molecule has 0 aliphatic carbocycles. The zero-order valence-electron chi connectivity index (χ0n) is 12.4. The second-order valence-corrected chi connectivity index (χ2v) is 5.17. The molecule has 0 fully saturated rings. The third-order valence-corrected chi connectivity index (χ3v) is 3.51. The van der Waals surface area contributed by atoms with Crippen molar-refractivity contribution in [3.63, 3.8) is 0 Å². The Balaban J connectivity index is 1.63. The number of hydrogen-bond acceptors (Lipinski definition) is 5. The first-order chi connectivity index (χ1) is 11.1. The van der Waals surface area contributed by atoms with Crippen molar-refractivity contribution in [2.75, 3.05) is 6.54 Å². The molecule has 0 unspecified atom stereocenters. The zero-order chi connectivity index (χ0) is 16.4. The van der Waals surface area contributed by atoms with E-state index in [4.69, 9.17) is 0 Å². The molecule has 0 radical (unpaired) electrons. The van der Waals surface area contributed by atoms with Gasteiger partial charge in [0.25, 0.3) is 11.8 Å². The molecule has 7 heteroatoms. The van der Waals surface area contributed by atoms with Crippen LogP contribution in [0.2, 0.25) is 0 Å². The Bertz CT molecular complexity index is 768. The van der Waals surface area contributed by atoms with Crippen molar-refractivity contribution in [2.45, 2.75) is 13.5 Å². The molecule has 1 N–H and O–H groups in total. The van der Waals surface area contributed by atoms with E-state index in [0.29, 0.717) is 16.8 Å². The number of aryl methyl sites for hydroxylation is 1. The number of rotatable bonds is 4. The average Bonchev–Trinajstić information content (AvgIpc) is 2.79. The molecule has 0 spiro atoms. The maximum Gasteiger partial charge on any atom is 0.262 e. The lowest BCUT2D eigenvalue weighted by molar-refractivity contribution is -0.121. The maximum atomic E-state index is 12.2. The smallest absolute Gasteiger partial charge is 0.262 e. The summed E-state index contributed by atoms with van der Waals surface area (Å²) in [5.74, 6) is -1.31. The Morgan fingerprint density at radius 1 is 1.13 bits per heavy atom. The number of fused-ring (bicyclic) bond motifs is 1. The van der Waals surface area contributed by atoms with E-state index in [9.17, 15) is 14.4 Å². The minimum atomic E-state index is -0.446. The quantitative estimate of drug-likeness (QED) is 0.839. The van der Waals surface area contributed by atoms with Crippen LogP contribution in [0, 0.1) is 6.92 Å². The van der Waals surface area contributed by atoms with Crippen LogP contribution in [0.5, 0.6) is 0 Å². The van der Waals surface area contributed by atoms with Gasteiger partial charge in [-0.1, -0.05) is 12.1 Å². The standard InChI is InChI=1S/C16H14N4O3/c1-10-6-11(19-9-18-10)7-17-14(21)8-20-15(22)12-4-2-3-5-13(12)16(20)23/h2-6,9H,7-8H2,1H3,(H,17,21). The highest BCUT2D eigenvalue weighted by atomic mass is 16.2. The van der Waals surface area contributed by atoms with E-state index < -0.39 is 17.7 Å². The predicted octanol–water partition coefficient (Wildman–Crippen LogP) is 0.697. The number of hydrogen-bond donors (Lipinski definition) is 1. The van der Waals surface area contributed by atoms with Crippen LogP contribution in [0.4, 0.5) is 0 Å². The summed E-state index contributed by atoms with van der Waals surface area (Å²) in [6.45, 7) is 1.73. The van der Waals surface area contributed by atoms with Crippen LogP contribution in [0.25, 0.3) is 0 Å². The number of aromatic nitrogens is 2. The van der Waals surface area contributed by atoms with Gasteiger partial charge in [-0.15, -0.1) is 0 Å². The summed E-state index contributed by atoms with van der Waals surface area (Å²) in [4.78, 5) is 45.3. The van der Waals surface area contributed by atoms with Gasteiger partial charge in [-0.05, 0) is 25.1 Å². The summed E-state index contributed by atoms with van der Waals surface area (Å²) < 4.78 is 0. The molecule has 3 rings (SSSR count). The second-order valence-electron chi connectivity index (χ2n) is 5.17. The van der Waals surface area contributed by atoms with E-state index in [1.54, 1.807) is 30.3 Å². The molecule has 1 aliphatic rings. The summed E-state index contributed by atoms with van der Waals surface area (Å²) in [7, 11) is 0. The summed E-state index contributed by atoms with van der Waals surface area (Å²) in [5, 5.41) is 2.65. The molecule has 0 bridgehead atoms. The Morgan fingerprint density at radius 3 is 2.39 bits per heavy atom. The molecule has 1 aromatic heterocycles. The molecule has 1 aliphatic heterocycles. The number of carbonyl (C=O) groups is 3. The lowest BCUT2D eigenvalue weighted by Gasteiger charge is -2.13. The largest absolute Gasteiger partial charge is 0.349 e. The molecule has 116 valence electrons. The SMILES string of the molecule is Cc1cc(CNC(=O)CN2C(=O)c3ccccc3C2=O)ncn1. The second kappa shape index (κ2) is 5.96. The fourth-order valence-electron chi connectivity index (χ4n) is 2.38. The van der Waals surface area contributed by atoms with Gasteiger partial charge in [-0.3, -0.25) is 19.3 Å². The van der Waals surface area contributed by atoms with Gasteiger partial charge in [-0.25, -0.2) is 9.97 Å². The van der Waals surface area contributed by atoms with Gasteiger partial charge in [0.2, 0.25) is 5.91 Å². The van der Waals surface area contributed by atoms with Crippen LogP contribution in [0.3, 0.4) is 0 Å². The fourth-order valence-corrected chi connectivity index (χ4v) is 2.38. The molecule has 2 heterocycles. The fraction of sp³-hybridized carbons (Fsp3) is 0.188. The Morgan fingerprint density at radius 2 is 1.78 bits per heavy atom. The van der Waals surface area contributed by atoms with Gasteiger partial charge in [-0.2, -0.15) is 0 Å². The normalized spacial score (nSPS) is 13.2. The van der Waals surface area contributed by atoms with Crippen molar-refractivity contribution in [3.05, 3.63) is 59.2 Å². The minimum absolute atomic E-state index is 0.214. The first-order valence-corrected chi connectivity index (χ1v) is 7.05. The van der Waals surface area contributed by atoms with E-state index in [2.05, 4.69) is 15.3 Å². The van der Waals surface area contributed by atoms with E-state index >= 15 is 0 Å². The third kappa shape index (κ3) is 2.94. The molecule has 7 nitrogen and oxygen atoms in total.